The molecule has 0 atom stereocenters. The molecule has 0 bridgehead atoms. The van der Waals surface area contributed by atoms with Crippen molar-refractivity contribution in [1.82, 2.24) is 4.98 Å². The number of nitriles is 1. The van der Waals surface area contributed by atoms with E-state index < -0.39 is 0 Å². The Morgan fingerprint density at radius 3 is 2.73 bits per heavy atom. The Hall–Kier alpha value is -2.71. The predicted octanol–water partition coefficient (Wildman–Crippen LogP) is 4.91. The summed E-state index contributed by atoms with van der Waals surface area (Å²) in [6, 6.07) is 11.9. The molecule has 0 spiro atoms. The van der Waals surface area contributed by atoms with Gasteiger partial charge in [-0.05, 0) is 43.3 Å². The normalized spacial score (nSPS) is 11.4. The zero-order chi connectivity index (χ0) is 15.5. The zero-order valence-electron chi connectivity index (χ0n) is 11.7. The predicted molar refractivity (Wildman–Crippen MR) is 84.4 cm³/mol. The average Bonchev–Trinajstić information content (AvgIpc) is 3.15. The van der Waals surface area contributed by atoms with Gasteiger partial charge in [-0.2, -0.15) is 5.26 Å². The van der Waals surface area contributed by atoms with Crippen molar-refractivity contribution in [2.24, 2.45) is 0 Å². The minimum absolute atomic E-state index is 0.285. The number of aryl methyl sites for hydroxylation is 1. The summed E-state index contributed by atoms with van der Waals surface area (Å²) in [4.78, 5) is 5.50. The van der Waals surface area contributed by atoms with Crippen LogP contribution in [0.15, 0.2) is 47.1 Å². The van der Waals surface area contributed by atoms with Crippen molar-refractivity contribution in [2.75, 3.05) is 0 Å². The van der Waals surface area contributed by atoms with E-state index in [1.165, 1.54) is 23.5 Å². The third-order valence-electron chi connectivity index (χ3n) is 3.09. The van der Waals surface area contributed by atoms with Gasteiger partial charge in [0.15, 0.2) is 0 Å². The minimum atomic E-state index is -0.285. The van der Waals surface area contributed by atoms with Crippen molar-refractivity contribution in [3.63, 3.8) is 0 Å². The van der Waals surface area contributed by atoms with E-state index in [0.717, 1.165) is 16.1 Å². The first kappa shape index (κ1) is 14.2. The highest BCUT2D eigenvalue weighted by molar-refractivity contribution is 7.13. The molecular weight excluding hydrogens is 299 g/mol. The van der Waals surface area contributed by atoms with Crippen LogP contribution in [0.3, 0.4) is 0 Å². The zero-order valence-corrected chi connectivity index (χ0v) is 12.5. The third kappa shape index (κ3) is 2.83. The lowest BCUT2D eigenvalue weighted by atomic mass is 10.1. The third-order valence-corrected chi connectivity index (χ3v) is 4.10. The van der Waals surface area contributed by atoms with Crippen molar-refractivity contribution < 1.29 is 8.81 Å². The molecular formula is C17H11FN2OS. The first-order chi connectivity index (χ1) is 10.7. The van der Waals surface area contributed by atoms with E-state index in [4.69, 9.17) is 4.42 Å². The number of hydrogen-bond acceptors (Lipinski definition) is 4. The molecule has 1 aromatic carbocycles. The number of furan rings is 1. The molecule has 5 heteroatoms. The summed E-state index contributed by atoms with van der Waals surface area (Å²) in [6.45, 7) is 1.93. The monoisotopic (exact) mass is 310 g/mol. The van der Waals surface area contributed by atoms with Crippen molar-refractivity contribution in [1.29, 1.82) is 5.26 Å². The van der Waals surface area contributed by atoms with E-state index in [-0.39, 0.29) is 5.82 Å². The van der Waals surface area contributed by atoms with E-state index in [1.807, 2.05) is 6.92 Å². The van der Waals surface area contributed by atoms with Gasteiger partial charge in [0.25, 0.3) is 0 Å². The van der Waals surface area contributed by atoms with Crippen LogP contribution in [0.1, 0.15) is 15.6 Å². The summed E-state index contributed by atoms with van der Waals surface area (Å²) in [6.07, 6.45) is 3.21. The molecule has 0 aliphatic rings. The quantitative estimate of drug-likeness (QED) is 0.645. The maximum Gasteiger partial charge on any atom is 0.135 e. The van der Waals surface area contributed by atoms with Crippen LogP contribution in [-0.4, -0.2) is 4.98 Å². The molecule has 108 valence electrons. The fraction of sp³-hybridized carbons (Fsp3) is 0.0588. The summed E-state index contributed by atoms with van der Waals surface area (Å²) in [5.74, 6) is 0.319. The highest BCUT2D eigenvalue weighted by atomic mass is 32.1. The number of halogens is 1. The lowest BCUT2D eigenvalue weighted by Gasteiger charge is -1.97. The second-order valence-corrected chi connectivity index (χ2v) is 5.82. The van der Waals surface area contributed by atoms with Gasteiger partial charge in [-0.3, -0.25) is 0 Å². The average molecular weight is 310 g/mol. The van der Waals surface area contributed by atoms with Gasteiger partial charge >= 0.3 is 0 Å². The molecule has 3 aromatic rings. The van der Waals surface area contributed by atoms with Crippen molar-refractivity contribution in [2.45, 2.75) is 6.92 Å². The molecule has 0 radical (unpaired) electrons. The fourth-order valence-corrected chi connectivity index (χ4v) is 2.95. The van der Waals surface area contributed by atoms with Crippen LogP contribution in [0.2, 0.25) is 0 Å². The molecule has 3 rings (SSSR count). The molecule has 0 saturated carbocycles. The highest BCUT2D eigenvalue weighted by Crippen LogP contribution is 2.31. The van der Waals surface area contributed by atoms with E-state index in [1.54, 1.807) is 36.6 Å². The summed E-state index contributed by atoms with van der Waals surface area (Å²) in [5, 5.41) is 9.96. The van der Waals surface area contributed by atoms with Gasteiger partial charge in [0.2, 0.25) is 0 Å². The summed E-state index contributed by atoms with van der Waals surface area (Å²) in [7, 11) is 0. The van der Waals surface area contributed by atoms with Crippen molar-refractivity contribution in [3.05, 3.63) is 64.1 Å². The maximum atomic E-state index is 13.0. The molecule has 2 aromatic heterocycles. The van der Waals surface area contributed by atoms with Crippen LogP contribution in [0.25, 0.3) is 22.9 Å². The molecule has 0 aliphatic carbocycles. The lowest BCUT2D eigenvalue weighted by molar-refractivity contribution is 0.557. The summed E-state index contributed by atoms with van der Waals surface area (Å²) < 4.78 is 18.3. The lowest BCUT2D eigenvalue weighted by Crippen LogP contribution is -1.84. The first-order valence-corrected chi connectivity index (χ1v) is 7.38. The molecule has 0 fully saturated rings. The number of allylic oxidation sites excluding steroid dienone is 1. The number of thiazole rings is 1. The molecule has 0 saturated heterocycles. The summed E-state index contributed by atoms with van der Waals surface area (Å²) >= 11 is 1.43. The molecule has 0 aliphatic heterocycles. The number of rotatable bonds is 3. The largest absolute Gasteiger partial charge is 0.465 e. The van der Waals surface area contributed by atoms with Crippen LogP contribution in [0.4, 0.5) is 4.39 Å². The Bertz CT molecular complexity index is 855. The Balaban J connectivity index is 2.01. The van der Waals surface area contributed by atoms with Gasteiger partial charge in [-0.15, -0.1) is 11.3 Å². The number of benzene rings is 1. The van der Waals surface area contributed by atoms with Crippen LogP contribution in [0.5, 0.6) is 0 Å². The number of hydrogen-bond donors (Lipinski definition) is 0. The SMILES string of the molecule is Cc1sc(/C(C#N)=C/c2ccco2)nc1-c1ccc(F)cc1. The van der Waals surface area contributed by atoms with Gasteiger partial charge in [0.05, 0.1) is 17.5 Å². The van der Waals surface area contributed by atoms with Gasteiger partial charge in [-0.25, -0.2) is 9.37 Å². The van der Waals surface area contributed by atoms with E-state index in [9.17, 15) is 9.65 Å². The molecule has 2 heterocycles. The molecule has 0 amide bonds. The van der Waals surface area contributed by atoms with E-state index in [0.29, 0.717) is 16.3 Å². The Labute approximate surface area is 131 Å². The first-order valence-electron chi connectivity index (χ1n) is 6.56. The van der Waals surface area contributed by atoms with Crippen molar-refractivity contribution in [3.8, 4) is 17.3 Å². The van der Waals surface area contributed by atoms with Gasteiger partial charge in [0, 0.05) is 16.5 Å². The van der Waals surface area contributed by atoms with Crippen molar-refractivity contribution >= 4 is 23.0 Å². The maximum absolute atomic E-state index is 13.0. The molecule has 0 unspecified atom stereocenters. The molecule has 22 heavy (non-hydrogen) atoms. The summed E-state index contributed by atoms with van der Waals surface area (Å²) in [5.41, 5.74) is 2.04. The fourth-order valence-electron chi connectivity index (χ4n) is 2.04. The van der Waals surface area contributed by atoms with E-state index in [2.05, 4.69) is 11.1 Å². The number of aromatic nitrogens is 1. The number of nitrogens with zero attached hydrogens (tertiary/aromatic N) is 2. The van der Waals surface area contributed by atoms with E-state index >= 15 is 0 Å². The van der Waals surface area contributed by atoms with Crippen LogP contribution in [-0.2, 0) is 0 Å². The minimum Gasteiger partial charge on any atom is -0.465 e. The van der Waals surface area contributed by atoms with Gasteiger partial charge < -0.3 is 4.42 Å². The topological polar surface area (TPSA) is 49.8 Å². The molecule has 3 nitrogen and oxygen atoms in total. The van der Waals surface area contributed by atoms with Crippen LogP contribution < -0.4 is 0 Å². The second-order valence-electron chi connectivity index (χ2n) is 4.62. The van der Waals surface area contributed by atoms with Crippen LogP contribution >= 0.6 is 11.3 Å². The van der Waals surface area contributed by atoms with Gasteiger partial charge in [0.1, 0.15) is 22.7 Å². The smallest absolute Gasteiger partial charge is 0.135 e. The second kappa shape index (κ2) is 5.96. The Morgan fingerprint density at radius 2 is 2.09 bits per heavy atom. The molecule has 0 N–H and O–H groups in total. The van der Waals surface area contributed by atoms with Gasteiger partial charge in [-0.1, -0.05) is 0 Å². The standard InChI is InChI=1S/C17H11FN2OS/c1-11-16(12-4-6-14(18)7-5-12)20-17(22-11)13(10-19)9-15-3-2-8-21-15/h2-9H,1H3/b13-9+. The Morgan fingerprint density at radius 1 is 1.32 bits per heavy atom. The Kier molecular flexibility index (Phi) is 3.86. The highest BCUT2D eigenvalue weighted by Gasteiger charge is 2.13. The van der Waals surface area contributed by atoms with Crippen LogP contribution in [0, 0.1) is 24.1 Å².